The molecule has 3 N–H and O–H groups in total. The molecule has 2 atom stereocenters. The fraction of sp³-hybridized carbons (Fsp3) is 0.545. The first kappa shape index (κ1) is 33.8. The summed E-state index contributed by atoms with van der Waals surface area (Å²) in [5.41, 5.74) is -0.159. The highest BCUT2D eigenvalue weighted by Gasteiger charge is 2.37. The summed E-state index contributed by atoms with van der Waals surface area (Å²) in [5, 5.41) is 8.73. The molecule has 226 valence electrons. The Labute approximate surface area is 246 Å². The lowest BCUT2D eigenvalue weighted by molar-refractivity contribution is -0.133. The van der Waals surface area contributed by atoms with E-state index in [4.69, 9.17) is 9.47 Å². The topological polar surface area (TPSA) is 106 Å². The fourth-order valence-corrected chi connectivity index (χ4v) is 4.53. The molecule has 2 rings (SSSR count). The fourth-order valence-electron chi connectivity index (χ4n) is 4.53. The predicted molar refractivity (Wildman–Crippen MR) is 163 cm³/mol. The number of carbonyl (C=O) groups is 3. The second-order valence-corrected chi connectivity index (χ2v) is 11.7. The number of amides is 3. The van der Waals surface area contributed by atoms with Gasteiger partial charge in [-0.05, 0) is 51.7 Å². The van der Waals surface area contributed by atoms with E-state index in [0.29, 0.717) is 13.0 Å². The van der Waals surface area contributed by atoms with E-state index in [2.05, 4.69) is 16.0 Å². The van der Waals surface area contributed by atoms with Gasteiger partial charge in [0, 0.05) is 33.1 Å². The summed E-state index contributed by atoms with van der Waals surface area (Å²) < 4.78 is 10.5. The van der Waals surface area contributed by atoms with Crippen molar-refractivity contribution in [3.05, 3.63) is 71.8 Å². The van der Waals surface area contributed by atoms with Crippen molar-refractivity contribution in [3.8, 4) is 0 Å². The molecule has 0 heterocycles. The summed E-state index contributed by atoms with van der Waals surface area (Å²) in [6.45, 7) is 8.35. The van der Waals surface area contributed by atoms with E-state index < -0.39 is 29.2 Å². The van der Waals surface area contributed by atoms with Gasteiger partial charge >= 0.3 is 6.09 Å². The highest BCUT2D eigenvalue weighted by molar-refractivity contribution is 5.94. The van der Waals surface area contributed by atoms with Crippen LogP contribution in [0, 0.1) is 0 Å². The molecule has 2 aromatic rings. The molecule has 8 heteroatoms. The summed E-state index contributed by atoms with van der Waals surface area (Å²) in [6, 6.07) is 18.1. The Morgan fingerprint density at radius 1 is 0.780 bits per heavy atom. The van der Waals surface area contributed by atoms with Gasteiger partial charge in [0.15, 0.2) is 0 Å². The van der Waals surface area contributed by atoms with Crippen molar-refractivity contribution in [1.82, 2.24) is 16.0 Å². The number of alkyl carbamates (subject to hydrolysis) is 1. The van der Waals surface area contributed by atoms with Crippen LogP contribution >= 0.6 is 0 Å². The van der Waals surface area contributed by atoms with Crippen molar-refractivity contribution >= 4 is 17.9 Å². The van der Waals surface area contributed by atoms with E-state index in [1.807, 2.05) is 60.7 Å². The molecule has 0 aliphatic rings. The third kappa shape index (κ3) is 13.7. The quantitative estimate of drug-likeness (QED) is 0.224. The van der Waals surface area contributed by atoms with Crippen LogP contribution in [0.3, 0.4) is 0 Å². The van der Waals surface area contributed by atoms with Crippen molar-refractivity contribution in [3.63, 3.8) is 0 Å². The van der Waals surface area contributed by atoms with E-state index in [1.54, 1.807) is 34.8 Å². The van der Waals surface area contributed by atoms with Gasteiger partial charge in [-0.1, -0.05) is 86.3 Å². The van der Waals surface area contributed by atoms with Gasteiger partial charge in [-0.2, -0.15) is 0 Å². The Morgan fingerprint density at radius 2 is 1.34 bits per heavy atom. The van der Waals surface area contributed by atoms with Gasteiger partial charge in [-0.25, -0.2) is 4.79 Å². The van der Waals surface area contributed by atoms with Gasteiger partial charge in [-0.15, -0.1) is 0 Å². The number of carbonyl (C=O) groups excluding carboxylic acids is 3. The van der Waals surface area contributed by atoms with Crippen LogP contribution in [-0.2, 0) is 31.9 Å². The zero-order valence-corrected chi connectivity index (χ0v) is 25.5. The van der Waals surface area contributed by atoms with Gasteiger partial charge in [0.25, 0.3) is 0 Å². The second kappa shape index (κ2) is 17.4. The number of rotatable bonds is 17. The normalized spacial score (nSPS) is 13.5. The summed E-state index contributed by atoms with van der Waals surface area (Å²) in [4.78, 5) is 39.9. The Balaban J connectivity index is 2.11. The number of hydrogen-bond donors (Lipinski definition) is 3. The number of ether oxygens (including phenoxy) is 2. The van der Waals surface area contributed by atoms with E-state index in [0.717, 1.165) is 56.3 Å². The molecule has 0 aliphatic carbocycles. The van der Waals surface area contributed by atoms with Gasteiger partial charge in [0.05, 0.1) is 0 Å². The highest BCUT2D eigenvalue weighted by atomic mass is 16.6. The summed E-state index contributed by atoms with van der Waals surface area (Å²) in [6.07, 6.45) is 6.21. The van der Waals surface area contributed by atoms with Crippen molar-refractivity contribution in [2.24, 2.45) is 0 Å². The number of hydrogen-bond acceptors (Lipinski definition) is 5. The molecule has 8 nitrogen and oxygen atoms in total. The summed E-state index contributed by atoms with van der Waals surface area (Å²) in [5.74, 6) is -0.713. The number of unbranched alkanes of at least 4 members (excludes halogenated alkanes) is 5. The molecule has 3 amide bonds. The molecular weight excluding hydrogens is 518 g/mol. The maximum absolute atomic E-state index is 13.7. The van der Waals surface area contributed by atoms with Crippen LogP contribution in [0.4, 0.5) is 4.79 Å². The molecule has 0 bridgehead atoms. The molecule has 2 aromatic carbocycles. The molecule has 0 spiro atoms. The van der Waals surface area contributed by atoms with Crippen LogP contribution in [0.25, 0.3) is 0 Å². The number of nitrogens with one attached hydrogen (secondary N) is 3. The second-order valence-electron chi connectivity index (χ2n) is 11.7. The zero-order valence-electron chi connectivity index (χ0n) is 25.5. The van der Waals surface area contributed by atoms with E-state index in [9.17, 15) is 14.4 Å². The van der Waals surface area contributed by atoms with Crippen molar-refractivity contribution in [2.75, 3.05) is 20.3 Å². The first-order valence-corrected chi connectivity index (χ1v) is 14.7. The van der Waals surface area contributed by atoms with E-state index >= 15 is 0 Å². The zero-order chi connectivity index (χ0) is 30.1. The predicted octanol–water partition coefficient (Wildman–Crippen LogP) is 5.34. The SMILES string of the molecule is COCCCCCCCCNC(=O)C(C)(Cc1ccccc1)NC(=O)[C@H](Cc1ccccc1)NC(=O)OC(C)(C)C. The van der Waals surface area contributed by atoms with Crippen LogP contribution in [0.5, 0.6) is 0 Å². The molecular formula is C33H49N3O5. The van der Waals surface area contributed by atoms with Crippen LogP contribution in [0.15, 0.2) is 60.7 Å². The Morgan fingerprint density at radius 3 is 1.93 bits per heavy atom. The first-order chi connectivity index (χ1) is 19.5. The summed E-state index contributed by atoms with van der Waals surface area (Å²) in [7, 11) is 1.72. The molecule has 0 radical (unpaired) electrons. The maximum atomic E-state index is 13.7. The lowest BCUT2D eigenvalue weighted by atomic mass is 9.90. The van der Waals surface area contributed by atoms with Crippen molar-refractivity contribution in [1.29, 1.82) is 0 Å². The van der Waals surface area contributed by atoms with Crippen LogP contribution in [0.2, 0.25) is 0 Å². The lowest BCUT2D eigenvalue weighted by Crippen LogP contribution is -2.62. The monoisotopic (exact) mass is 567 g/mol. The lowest BCUT2D eigenvalue weighted by Gasteiger charge is -2.32. The Hall–Kier alpha value is -3.39. The molecule has 0 saturated heterocycles. The first-order valence-electron chi connectivity index (χ1n) is 14.7. The van der Waals surface area contributed by atoms with Gasteiger partial charge < -0.3 is 25.4 Å². The molecule has 41 heavy (non-hydrogen) atoms. The van der Waals surface area contributed by atoms with Gasteiger partial charge in [0.1, 0.15) is 17.2 Å². The standard InChI is InChI=1S/C33H49N3O5/c1-32(2,3)41-31(39)35-28(24-26-18-12-10-13-19-26)29(37)36-33(4,25-27-20-14-11-15-21-27)30(38)34-22-16-8-6-7-9-17-23-40-5/h10-15,18-21,28H,6-9,16-17,22-25H2,1-5H3,(H,34,38)(H,35,39)(H,36,37)/t28-,33?/m0/s1. The average Bonchev–Trinajstić information content (AvgIpc) is 2.91. The van der Waals surface area contributed by atoms with Crippen molar-refractivity contribution < 1.29 is 23.9 Å². The van der Waals surface area contributed by atoms with Gasteiger partial charge in [0.2, 0.25) is 11.8 Å². The molecule has 0 saturated carbocycles. The summed E-state index contributed by atoms with van der Waals surface area (Å²) >= 11 is 0. The average molecular weight is 568 g/mol. The van der Waals surface area contributed by atoms with E-state index in [-0.39, 0.29) is 12.3 Å². The van der Waals surface area contributed by atoms with Crippen LogP contribution in [0.1, 0.15) is 77.3 Å². The molecule has 0 aromatic heterocycles. The minimum absolute atomic E-state index is 0.249. The third-order valence-corrected chi connectivity index (χ3v) is 6.65. The molecule has 0 fully saturated rings. The molecule has 0 aliphatic heterocycles. The maximum Gasteiger partial charge on any atom is 0.408 e. The van der Waals surface area contributed by atoms with Crippen LogP contribution < -0.4 is 16.0 Å². The number of methoxy groups -OCH3 is 1. The number of benzene rings is 2. The Bertz CT molecular complexity index is 1060. The minimum Gasteiger partial charge on any atom is -0.444 e. The molecule has 1 unspecified atom stereocenters. The van der Waals surface area contributed by atoms with Crippen LogP contribution in [-0.4, -0.2) is 55.4 Å². The van der Waals surface area contributed by atoms with E-state index in [1.165, 1.54) is 0 Å². The highest BCUT2D eigenvalue weighted by Crippen LogP contribution is 2.16. The third-order valence-electron chi connectivity index (χ3n) is 6.65. The smallest absolute Gasteiger partial charge is 0.408 e. The Kier molecular flexibility index (Phi) is 14.4. The van der Waals surface area contributed by atoms with Gasteiger partial charge in [-0.3, -0.25) is 9.59 Å². The van der Waals surface area contributed by atoms with Crippen molar-refractivity contribution in [2.45, 2.75) is 96.2 Å². The minimum atomic E-state index is -1.23. The largest absolute Gasteiger partial charge is 0.444 e.